The number of nitrogens with zero attached hydrogens (tertiary/aromatic N) is 2. The average Bonchev–Trinajstić information content (AvgIpc) is 3.83. The van der Waals surface area contributed by atoms with E-state index in [4.69, 9.17) is 14.5 Å². The number of amides is 4. The zero-order valence-electron chi connectivity index (χ0n) is 29.8. The van der Waals surface area contributed by atoms with Crippen molar-refractivity contribution in [3.05, 3.63) is 89.1 Å². The lowest BCUT2D eigenvalue weighted by molar-refractivity contribution is -0.142. The molecule has 4 atom stereocenters. The monoisotopic (exact) mass is 706 g/mol. The number of cyclic esters (lactones) is 1. The summed E-state index contributed by atoms with van der Waals surface area (Å²) in [5, 5.41) is 9.49. The second-order valence-electron chi connectivity index (χ2n) is 14.6. The van der Waals surface area contributed by atoms with Crippen LogP contribution in [-0.2, 0) is 36.7 Å². The van der Waals surface area contributed by atoms with Crippen molar-refractivity contribution in [2.24, 2.45) is 4.99 Å². The predicted molar refractivity (Wildman–Crippen MR) is 198 cm³/mol. The zero-order valence-corrected chi connectivity index (χ0v) is 29.8. The highest BCUT2D eigenvalue weighted by Gasteiger charge is 2.52. The number of aromatic amines is 1. The molecule has 3 aliphatic heterocycles. The van der Waals surface area contributed by atoms with Crippen molar-refractivity contribution in [1.82, 2.24) is 25.8 Å². The number of fused-ring (bicyclic) bond motifs is 4. The van der Waals surface area contributed by atoms with Gasteiger partial charge in [-0.2, -0.15) is 0 Å². The number of allylic oxidation sites excluding steroid dienone is 1. The third-order valence-electron chi connectivity index (χ3n) is 10.7. The molecule has 0 radical (unpaired) electrons. The molecule has 2 unspecified atom stereocenters. The molecule has 12 heteroatoms. The molecule has 2 fully saturated rings. The molecule has 1 saturated heterocycles. The minimum absolute atomic E-state index is 0.0403. The van der Waals surface area contributed by atoms with Crippen molar-refractivity contribution in [3.63, 3.8) is 0 Å². The number of aromatic nitrogens is 1. The molecule has 4 aliphatic rings. The van der Waals surface area contributed by atoms with Gasteiger partial charge in [-0.1, -0.05) is 54.6 Å². The van der Waals surface area contributed by atoms with Crippen LogP contribution in [-0.4, -0.2) is 89.6 Å². The summed E-state index contributed by atoms with van der Waals surface area (Å²) in [6.45, 7) is 6.71. The van der Waals surface area contributed by atoms with Gasteiger partial charge in [-0.3, -0.25) is 19.4 Å². The molecule has 1 aromatic heterocycles. The predicted octanol–water partition coefficient (Wildman–Crippen LogP) is 4.33. The van der Waals surface area contributed by atoms with Gasteiger partial charge >= 0.3 is 6.09 Å². The van der Waals surface area contributed by atoms with Gasteiger partial charge in [0.2, 0.25) is 23.6 Å². The van der Waals surface area contributed by atoms with Gasteiger partial charge in [0.25, 0.3) is 0 Å². The summed E-state index contributed by atoms with van der Waals surface area (Å²) in [6.07, 6.45) is 8.81. The highest BCUT2D eigenvalue weighted by Crippen LogP contribution is 2.37. The van der Waals surface area contributed by atoms with Crippen LogP contribution < -0.4 is 16.0 Å². The number of ether oxygens (including phenoxy) is 2. The molecule has 7 rings (SSSR count). The molecule has 4 heterocycles. The van der Waals surface area contributed by atoms with Crippen LogP contribution >= 0.6 is 0 Å². The van der Waals surface area contributed by atoms with E-state index < -0.39 is 41.1 Å². The molecular weight excluding hydrogens is 660 g/mol. The number of para-hydroxylation sites is 1. The van der Waals surface area contributed by atoms with Crippen molar-refractivity contribution in [2.75, 3.05) is 26.7 Å². The Bertz CT molecular complexity index is 1980. The first-order valence-corrected chi connectivity index (χ1v) is 18.1. The van der Waals surface area contributed by atoms with E-state index in [1.807, 2.05) is 49.5 Å². The van der Waals surface area contributed by atoms with Crippen molar-refractivity contribution in [2.45, 2.75) is 81.5 Å². The summed E-state index contributed by atoms with van der Waals surface area (Å²) in [5.41, 5.74) is 3.35. The van der Waals surface area contributed by atoms with Gasteiger partial charge < -0.3 is 35.3 Å². The Labute approximate surface area is 303 Å². The molecular formula is C40H46N6O6. The number of alkyl carbamates (subject to hydrolysis) is 1. The van der Waals surface area contributed by atoms with Gasteiger partial charge in [0.05, 0.1) is 13.2 Å². The third-order valence-corrected chi connectivity index (χ3v) is 10.7. The van der Waals surface area contributed by atoms with Crippen LogP contribution in [0.2, 0.25) is 0 Å². The molecule has 52 heavy (non-hydrogen) atoms. The number of nitrogens with one attached hydrogen (secondary N) is 4. The van der Waals surface area contributed by atoms with Gasteiger partial charge in [-0.05, 0) is 67.9 Å². The fourth-order valence-electron chi connectivity index (χ4n) is 7.99. The summed E-state index contributed by atoms with van der Waals surface area (Å²) < 4.78 is 12.3. The summed E-state index contributed by atoms with van der Waals surface area (Å²) in [5.74, 6) is -0.778. The Balaban J connectivity index is 1.27. The second-order valence-corrected chi connectivity index (χ2v) is 14.6. The maximum atomic E-state index is 14.9. The molecule has 2 aromatic carbocycles. The lowest BCUT2D eigenvalue weighted by Crippen LogP contribution is -2.61. The number of likely N-dealkylation sites (N-methyl/N-ethyl adjacent to an activating group) is 1. The van der Waals surface area contributed by atoms with E-state index in [9.17, 15) is 19.2 Å². The number of rotatable bonds is 5. The fourth-order valence-corrected chi connectivity index (χ4v) is 7.99. The van der Waals surface area contributed by atoms with Crippen LogP contribution in [0, 0.1) is 0 Å². The Kier molecular flexibility index (Phi) is 9.65. The number of aliphatic imine (C=N–C) groups is 1. The van der Waals surface area contributed by atoms with Gasteiger partial charge in [0.15, 0.2) is 0 Å². The summed E-state index contributed by atoms with van der Waals surface area (Å²) in [7, 11) is 1.54. The topological polar surface area (TPSA) is 154 Å². The van der Waals surface area contributed by atoms with Gasteiger partial charge in [-0.15, -0.1) is 0 Å². The van der Waals surface area contributed by atoms with Crippen LogP contribution in [0.25, 0.3) is 17.0 Å². The van der Waals surface area contributed by atoms with E-state index in [0.29, 0.717) is 44.5 Å². The van der Waals surface area contributed by atoms with Gasteiger partial charge in [-0.25, -0.2) is 4.79 Å². The third kappa shape index (κ3) is 7.06. The van der Waals surface area contributed by atoms with Gasteiger partial charge in [0.1, 0.15) is 23.2 Å². The van der Waals surface area contributed by atoms with Crippen LogP contribution in [0.5, 0.6) is 0 Å². The molecule has 12 nitrogen and oxygen atoms in total. The van der Waals surface area contributed by atoms with Crippen molar-refractivity contribution < 1.29 is 28.7 Å². The van der Waals surface area contributed by atoms with E-state index in [0.717, 1.165) is 45.2 Å². The Morgan fingerprint density at radius 1 is 1.15 bits per heavy atom. The Hall–Kier alpha value is -5.39. The van der Waals surface area contributed by atoms with Gasteiger partial charge in [0, 0.05) is 55.5 Å². The number of hydrogen-bond acceptors (Lipinski definition) is 7. The minimum Gasteiger partial charge on any atom is -0.469 e. The second kappa shape index (κ2) is 14.3. The highest BCUT2D eigenvalue weighted by atomic mass is 16.5. The van der Waals surface area contributed by atoms with Crippen molar-refractivity contribution in [3.8, 4) is 0 Å². The number of hydrogen-bond donors (Lipinski definition) is 4. The minimum atomic E-state index is -1.19. The quantitative estimate of drug-likeness (QED) is 0.290. The molecule has 272 valence electrons. The number of benzene rings is 2. The lowest BCUT2D eigenvalue weighted by atomic mass is 9.94. The van der Waals surface area contributed by atoms with Crippen LogP contribution in [0.3, 0.4) is 0 Å². The van der Waals surface area contributed by atoms with Crippen LogP contribution in [0.1, 0.15) is 67.7 Å². The number of carbonyl (C=O) groups is 4. The summed E-state index contributed by atoms with van der Waals surface area (Å²) in [4.78, 5) is 65.4. The summed E-state index contributed by atoms with van der Waals surface area (Å²) >= 11 is 0. The van der Waals surface area contributed by atoms with E-state index in [1.165, 1.54) is 4.90 Å². The normalized spacial score (nSPS) is 27.1. The zero-order chi connectivity index (χ0) is 36.5. The fraction of sp³-hybridized carbons (Fsp3) is 0.425. The molecule has 3 aromatic rings. The van der Waals surface area contributed by atoms with Crippen molar-refractivity contribution >= 4 is 46.7 Å². The smallest absolute Gasteiger partial charge is 0.407 e. The molecule has 1 saturated carbocycles. The first-order valence-electron chi connectivity index (χ1n) is 18.1. The molecule has 4 bridgehead atoms. The van der Waals surface area contributed by atoms with Crippen LogP contribution in [0.15, 0.2) is 71.9 Å². The van der Waals surface area contributed by atoms with E-state index >= 15 is 0 Å². The Morgan fingerprint density at radius 3 is 2.81 bits per heavy atom. The lowest BCUT2D eigenvalue weighted by Gasteiger charge is -2.33. The maximum Gasteiger partial charge on any atom is 0.407 e. The first-order chi connectivity index (χ1) is 25.1. The van der Waals surface area contributed by atoms with E-state index in [1.54, 1.807) is 7.05 Å². The average molecular weight is 707 g/mol. The first kappa shape index (κ1) is 35.0. The SMILES string of the molecule is C=C1CCC(NC(=O)[C@@H]2CC3(C)CN2C(=O)[C@H](Cc2c[nH]c4ccccc24)NC(=O)OCCC/C=C/c2ccc4c(c2)C(=NCC4)O3)(C(=O)NC)C1. The largest absolute Gasteiger partial charge is 0.469 e. The van der Waals surface area contributed by atoms with Crippen LogP contribution in [0.4, 0.5) is 4.79 Å². The van der Waals surface area contributed by atoms with Crippen molar-refractivity contribution in [1.29, 1.82) is 0 Å². The highest BCUT2D eigenvalue weighted by molar-refractivity contribution is 5.99. The standard InChI is InChI=1S/C40H46N6O6/c1-25-14-16-40(21-25,37(49)41-3)45-34(47)33-22-39(2)24-46(33)36(48)32(20-28-23-43-31-11-7-6-10-29(28)31)44-38(50)51-18-8-4-5-9-26-12-13-27-15-17-42-35(52-39)30(27)19-26/h5-7,9-13,19,23,32-33,43H,1,4,8,14-18,20-22,24H2,2-3H3,(H,41,49)(H,44,50)(H,45,47)/b9-5+/t32-,33-,39?,40?/m0/s1. The van der Waals surface area contributed by atoms with E-state index in [-0.39, 0.29) is 31.9 Å². The molecule has 0 spiro atoms. The summed E-state index contributed by atoms with van der Waals surface area (Å²) in [6, 6.07) is 11.9. The number of H-pyrrole nitrogens is 1. The maximum absolute atomic E-state index is 14.9. The number of carbonyl (C=O) groups excluding carboxylic acids is 4. The molecule has 1 aliphatic carbocycles. The Morgan fingerprint density at radius 2 is 2.00 bits per heavy atom. The molecule has 4 amide bonds. The molecule has 4 N–H and O–H groups in total. The van der Waals surface area contributed by atoms with E-state index in [2.05, 4.69) is 45.7 Å².